The number of sulfonamides is 1. The summed E-state index contributed by atoms with van der Waals surface area (Å²) in [5.41, 5.74) is 4.88. The van der Waals surface area contributed by atoms with E-state index in [1.54, 1.807) is 24.3 Å². The number of fused-ring (bicyclic) bond motifs is 1. The van der Waals surface area contributed by atoms with Gasteiger partial charge in [0.2, 0.25) is 10.0 Å². The van der Waals surface area contributed by atoms with Crippen molar-refractivity contribution in [3.63, 3.8) is 0 Å². The minimum Gasteiger partial charge on any atom is -0.367 e. The zero-order chi connectivity index (χ0) is 32.2. The van der Waals surface area contributed by atoms with Crippen molar-refractivity contribution in [1.82, 2.24) is 14.7 Å². The molecule has 0 saturated carbocycles. The van der Waals surface area contributed by atoms with Crippen LogP contribution >= 0.6 is 12.4 Å². The highest BCUT2D eigenvalue weighted by atomic mass is 35.5. The van der Waals surface area contributed by atoms with Crippen molar-refractivity contribution in [3.8, 4) is 16.9 Å². The molecule has 0 amide bonds. The summed E-state index contributed by atoms with van der Waals surface area (Å²) in [5, 5.41) is 8.70. The number of nitrogens with two attached hydrogens (primary N) is 1. The molecule has 4 aromatic carbocycles. The lowest BCUT2D eigenvalue weighted by molar-refractivity contribution is -0.141. The van der Waals surface area contributed by atoms with E-state index in [4.69, 9.17) is 9.88 Å². The van der Waals surface area contributed by atoms with E-state index in [0.29, 0.717) is 5.56 Å². The van der Waals surface area contributed by atoms with Crippen LogP contribution in [-0.4, -0.2) is 43.3 Å². The number of aromatic nitrogens is 2. The minimum absolute atomic E-state index is 0. The van der Waals surface area contributed by atoms with Gasteiger partial charge >= 0.3 is 6.18 Å². The molecule has 1 atom stereocenters. The molecule has 1 unspecified atom stereocenters. The normalized spacial score (nSPS) is 15.4. The van der Waals surface area contributed by atoms with Gasteiger partial charge in [-0.15, -0.1) is 12.4 Å². The Morgan fingerprint density at radius 3 is 2.15 bits per heavy atom. The van der Waals surface area contributed by atoms with Gasteiger partial charge in [-0.1, -0.05) is 84.4 Å². The van der Waals surface area contributed by atoms with Gasteiger partial charge in [-0.05, 0) is 61.0 Å². The third kappa shape index (κ3) is 8.42. The molecule has 2 N–H and O–H groups in total. The number of aryl methyl sites for hydroxylation is 1. The molecule has 1 aliphatic rings. The summed E-state index contributed by atoms with van der Waals surface area (Å²) in [6, 6.07) is 32.1. The highest BCUT2D eigenvalue weighted by Gasteiger charge is 2.35. The second-order valence-electron chi connectivity index (χ2n) is 10.8. The number of rotatable bonds is 4. The van der Waals surface area contributed by atoms with Crippen LogP contribution in [-0.2, 0) is 27.5 Å². The summed E-state index contributed by atoms with van der Waals surface area (Å²) < 4.78 is 69.3. The van der Waals surface area contributed by atoms with E-state index in [9.17, 15) is 21.6 Å². The van der Waals surface area contributed by atoms with Crippen LogP contribution in [0.4, 0.5) is 13.2 Å². The summed E-state index contributed by atoms with van der Waals surface area (Å²) in [6.45, 7) is 4.60. The van der Waals surface area contributed by atoms with Gasteiger partial charge in [0.15, 0.2) is 5.69 Å². The fourth-order valence-corrected chi connectivity index (χ4v) is 5.56. The molecule has 0 aliphatic carbocycles. The van der Waals surface area contributed by atoms with E-state index >= 15 is 0 Å². The number of benzene rings is 4. The van der Waals surface area contributed by atoms with E-state index in [1.165, 1.54) is 41.0 Å². The molecular formula is C34H34ClF3N4O3S. The van der Waals surface area contributed by atoms with Crippen LogP contribution in [0.2, 0.25) is 0 Å². The van der Waals surface area contributed by atoms with E-state index in [1.807, 2.05) is 13.0 Å². The minimum atomic E-state index is -4.61. The Balaban J connectivity index is 0.000000213. The molecule has 242 valence electrons. The fourth-order valence-electron chi connectivity index (χ4n) is 5.05. The zero-order valence-corrected chi connectivity index (χ0v) is 26.8. The summed E-state index contributed by atoms with van der Waals surface area (Å²) in [5.74, 6) is 0. The SMILES string of the molecule is CN1CCOC(c2ccccc2)c2ccccc2C1.Cc1ccc(-c2cc(C(F)(F)F)nn2-c2ccc(S(N)(=O)=O)cc2)cc1.Cl. The fraction of sp³-hybridized carbons (Fsp3) is 0.206. The Labute approximate surface area is 272 Å². The molecule has 6 rings (SSSR count). The highest BCUT2D eigenvalue weighted by molar-refractivity contribution is 7.89. The van der Waals surface area contributed by atoms with Crippen molar-refractivity contribution >= 4 is 22.4 Å². The predicted octanol–water partition coefficient (Wildman–Crippen LogP) is 7.17. The third-order valence-corrected chi connectivity index (χ3v) is 8.32. The maximum atomic E-state index is 13.1. The number of ether oxygens (including phenoxy) is 1. The third-order valence-electron chi connectivity index (χ3n) is 7.39. The van der Waals surface area contributed by atoms with Gasteiger partial charge < -0.3 is 4.74 Å². The average Bonchev–Trinajstić information content (AvgIpc) is 3.46. The number of alkyl halides is 3. The zero-order valence-electron chi connectivity index (χ0n) is 25.2. The van der Waals surface area contributed by atoms with E-state index < -0.39 is 21.9 Å². The lowest BCUT2D eigenvalue weighted by Crippen LogP contribution is -2.27. The lowest BCUT2D eigenvalue weighted by Gasteiger charge is -2.28. The van der Waals surface area contributed by atoms with Crippen molar-refractivity contribution < 1.29 is 26.3 Å². The lowest BCUT2D eigenvalue weighted by atomic mass is 9.96. The van der Waals surface area contributed by atoms with Crippen LogP contribution in [0.3, 0.4) is 0 Å². The van der Waals surface area contributed by atoms with Crippen molar-refractivity contribution in [1.29, 1.82) is 0 Å². The van der Waals surface area contributed by atoms with Crippen LogP contribution < -0.4 is 5.14 Å². The van der Waals surface area contributed by atoms with Crippen molar-refractivity contribution in [3.05, 3.63) is 137 Å². The first-order chi connectivity index (χ1) is 21.4. The molecule has 12 heteroatoms. The second kappa shape index (κ2) is 14.6. The van der Waals surface area contributed by atoms with E-state index in [-0.39, 0.29) is 34.8 Å². The first-order valence-electron chi connectivity index (χ1n) is 14.2. The Bertz CT molecular complexity index is 1850. The van der Waals surface area contributed by atoms with Gasteiger partial charge in [0.05, 0.1) is 22.9 Å². The first kappa shape index (κ1) is 34.9. The molecule has 1 aromatic heterocycles. The number of hydrogen-bond donors (Lipinski definition) is 1. The number of halogens is 4. The van der Waals surface area contributed by atoms with Crippen LogP contribution in [0.5, 0.6) is 0 Å². The number of primary sulfonamides is 1. The topological polar surface area (TPSA) is 90.4 Å². The van der Waals surface area contributed by atoms with Gasteiger partial charge in [-0.3, -0.25) is 4.90 Å². The van der Waals surface area contributed by atoms with Crippen LogP contribution in [0.15, 0.2) is 114 Å². The molecule has 2 heterocycles. The number of likely N-dealkylation sites (N-methyl/N-ethyl adjacent to an activating group) is 1. The van der Waals surface area contributed by atoms with Crippen molar-refractivity contribution in [2.75, 3.05) is 20.2 Å². The van der Waals surface area contributed by atoms with Crippen LogP contribution in [0, 0.1) is 6.92 Å². The molecule has 5 aromatic rings. The molecule has 0 fully saturated rings. The Hall–Kier alpha value is -4.00. The molecule has 0 radical (unpaired) electrons. The molecule has 0 spiro atoms. The summed E-state index contributed by atoms with van der Waals surface area (Å²) in [4.78, 5) is 2.17. The summed E-state index contributed by atoms with van der Waals surface area (Å²) in [6.07, 6.45) is -4.54. The predicted molar refractivity (Wildman–Crippen MR) is 174 cm³/mol. The van der Waals surface area contributed by atoms with Gasteiger partial charge in [0.25, 0.3) is 0 Å². The van der Waals surface area contributed by atoms with Gasteiger partial charge in [0.1, 0.15) is 6.10 Å². The van der Waals surface area contributed by atoms with E-state index in [2.05, 4.69) is 65.6 Å². The number of nitrogens with zero attached hydrogens (tertiary/aromatic N) is 3. The molecule has 0 bridgehead atoms. The Morgan fingerprint density at radius 2 is 1.52 bits per heavy atom. The molecule has 1 aliphatic heterocycles. The first-order valence-corrected chi connectivity index (χ1v) is 15.8. The summed E-state index contributed by atoms with van der Waals surface area (Å²) in [7, 11) is -1.75. The quantitative estimate of drug-likeness (QED) is 0.219. The molecule has 0 saturated heterocycles. The Morgan fingerprint density at radius 1 is 0.891 bits per heavy atom. The largest absolute Gasteiger partial charge is 0.435 e. The molecular weight excluding hydrogens is 637 g/mol. The Kier molecular flexibility index (Phi) is 11.1. The average molecular weight is 671 g/mol. The second-order valence-corrected chi connectivity index (χ2v) is 12.4. The monoisotopic (exact) mass is 670 g/mol. The van der Waals surface area contributed by atoms with Gasteiger partial charge in [-0.25, -0.2) is 18.2 Å². The van der Waals surface area contributed by atoms with Crippen LogP contribution in [0.1, 0.15) is 34.1 Å². The summed E-state index contributed by atoms with van der Waals surface area (Å²) >= 11 is 0. The smallest absolute Gasteiger partial charge is 0.367 e. The number of hydrogen-bond acceptors (Lipinski definition) is 5. The van der Waals surface area contributed by atoms with Gasteiger partial charge in [0, 0.05) is 18.7 Å². The molecule has 46 heavy (non-hydrogen) atoms. The molecule has 7 nitrogen and oxygen atoms in total. The maximum Gasteiger partial charge on any atom is 0.435 e. The maximum absolute atomic E-state index is 13.1. The van der Waals surface area contributed by atoms with E-state index in [0.717, 1.165) is 36.0 Å². The van der Waals surface area contributed by atoms with Gasteiger partial charge in [-0.2, -0.15) is 18.3 Å². The standard InChI is InChI=1S/C17H14F3N3O2S.C17H19NO.ClH/c1-11-2-4-12(5-3-11)15-10-16(17(18,19)20)22-23(15)13-6-8-14(9-7-13)26(21,24)25;1-18-11-12-19-17(14-7-3-2-4-8-14)16-10-6-5-9-15(16)13-18;/h2-10H,1H3,(H2,21,24,25);2-10,17H,11-13H2,1H3;1H. The van der Waals surface area contributed by atoms with Crippen molar-refractivity contribution in [2.45, 2.75) is 30.6 Å². The van der Waals surface area contributed by atoms with Crippen LogP contribution in [0.25, 0.3) is 16.9 Å². The highest BCUT2D eigenvalue weighted by Crippen LogP contribution is 2.34. The van der Waals surface area contributed by atoms with Crippen molar-refractivity contribution in [2.24, 2.45) is 5.14 Å².